The first-order chi connectivity index (χ1) is 10.6. The Labute approximate surface area is 132 Å². The van der Waals surface area contributed by atoms with Crippen molar-refractivity contribution < 1.29 is 4.39 Å². The van der Waals surface area contributed by atoms with Crippen LogP contribution >= 0.6 is 11.6 Å². The molecule has 3 aromatic rings. The zero-order valence-electron chi connectivity index (χ0n) is 11.8. The fourth-order valence-corrected chi connectivity index (χ4v) is 2.28. The molecule has 0 amide bonds. The second-order valence-electron chi connectivity index (χ2n) is 4.89. The molecular weight excluding hydrogens is 301 g/mol. The summed E-state index contributed by atoms with van der Waals surface area (Å²) in [6.07, 6.45) is 1.70. The predicted molar refractivity (Wildman–Crippen MR) is 89.1 cm³/mol. The van der Waals surface area contributed by atoms with Gasteiger partial charge in [-0.25, -0.2) is 4.39 Å². The number of pyridine rings is 1. The molecule has 1 N–H and O–H groups in total. The molecule has 0 radical (unpaired) electrons. The maximum Gasteiger partial charge on any atom is 0.125 e. The van der Waals surface area contributed by atoms with Gasteiger partial charge in [0.2, 0.25) is 0 Å². The Kier molecular flexibility index (Phi) is 4.02. The summed E-state index contributed by atoms with van der Waals surface area (Å²) in [5.41, 5.74) is 6.09. The number of aryl methyl sites for hydroxylation is 1. The second-order valence-corrected chi connectivity index (χ2v) is 5.33. The van der Waals surface area contributed by atoms with Crippen LogP contribution in [0.25, 0.3) is 10.9 Å². The highest BCUT2D eigenvalue weighted by molar-refractivity contribution is 6.30. The largest absolute Gasteiger partial charge is 0.278 e. The lowest BCUT2D eigenvalue weighted by Crippen LogP contribution is -1.95. The molecular formula is C17H13ClFN3. The summed E-state index contributed by atoms with van der Waals surface area (Å²) in [6.45, 7) is 1.86. The average molecular weight is 314 g/mol. The van der Waals surface area contributed by atoms with E-state index in [1.807, 2.05) is 25.1 Å². The molecule has 0 aliphatic carbocycles. The summed E-state index contributed by atoms with van der Waals surface area (Å²) < 4.78 is 13.3. The van der Waals surface area contributed by atoms with Gasteiger partial charge in [0.15, 0.2) is 0 Å². The van der Waals surface area contributed by atoms with Crippen molar-refractivity contribution in [3.05, 3.63) is 70.6 Å². The quantitative estimate of drug-likeness (QED) is 0.558. The monoisotopic (exact) mass is 313 g/mol. The molecule has 1 aromatic heterocycles. The van der Waals surface area contributed by atoms with Gasteiger partial charge in [-0.15, -0.1) is 0 Å². The number of rotatable bonds is 3. The van der Waals surface area contributed by atoms with Gasteiger partial charge in [-0.05, 0) is 42.8 Å². The first-order valence-corrected chi connectivity index (χ1v) is 7.11. The number of fused-ring (bicyclic) bond motifs is 1. The summed E-state index contributed by atoms with van der Waals surface area (Å²) in [4.78, 5) is 4.33. The molecule has 0 bridgehead atoms. The normalized spacial score (nSPS) is 11.2. The van der Waals surface area contributed by atoms with E-state index in [1.54, 1.807) is 24.4 Å². The van der Waals surface area contributed by atoms with Crippen LogP contribution in [0, 0.1) is 12.7 Å². The lowest BCUT2D eigenvalue weighted by atomic mass is 10.1. The molecule has 22 heavy (non-hydrogen) atoms. The first-order valence-electron chi connectivity index (χ1n) is 6.73. The van der Waals surface area contributed by atoms with Gasteiger partial charge in [-0.2, -0.15) is 5.10 Å². The van der Waals surface area contributed by atoms with Crippen molar-refractivity contribution in [3.8, 4) is 0 Å². The molecule has 0 spiro atoms. The van der Waals surface area contributed by atoms with Crippen LogP contribution in [-0.4, -0.2) is 11.2 Å². The number of hydrogen-bond acceptors (Lipinski definition) is 3. The zero-order valence-corrected chi connectivity index (χ0v) is 12.6. The highest BCUT2D eigenvalue weighted by Crippen LogP contribution is 2.23. The van der Waals surface area contributed by atoms with Gasteiger partial charge < -0.3 is 0 Å². The SMILES string of the molecule is Cc1cc(N/N=C/c2ccc(Cl)cc2)c2ccc(F)cc2n1. The standard InChI is InChI=1S/C17H13ClFN3/c1-11-8-17(15-7-6-14(19)9-16(15)21-11)22-20-10-12-2-4-13(18)5-3-12/h2-10H,1H3,(H,21,22)/b20-10+. The number of hydrogen-bond donors (Lipinski definition) is 1. The summed E-state index contributed by atoms with van der Waals surface area (Å²) in [6, 6.07) is 13.7. The summed E-state index contributed by atoms with van der Waals surface area (Å²) in [7, 11) is 0. The van der Waals surface area contributed by atoms with Crippen LogP contribution in [0.1, 0.15) is 11.3 Å². The lowest BCUT2D eigenvalue weighted by Gasteiger charge is -2.07. The molecule has 0 aliphatic rings. The van der Waals surface area contributed by atoms with Gasteiger partial charge in [0.25, 0.3) is 0 Å². The van der Waals surface area contributed by atoms with E-state index in [-0.39, 0.29) is 5.82 Å². The Morgan fingerprint density at radius 1 is 1.14 bits per heavy atom. The Balaban J connectivity index is 1.88. The summed E-state index contributed by atoms with van der Waals surface area (Å²) in [5, 5.41) is 5.72. The highest BCUT2D eigenvalue weighted by Gasteiger charge is 2.04. The Bertz CT molecular complexity index is 839. The van der Waals surface area contributed by atoms with Gasteiger partial charge >= 0.3 is 0 Å². The molecule has 3 rings (SSSR count). The van der Waals surface area contributed by atoms with Crippen molar-refractivity contribution in [2.75, 3.05) is 5.43 Å². The maximum absolute atomic E-state index is 13.3. The topological polar surface area (TPSA) is 37.3 Å². The Hall–Kier alpha value is -2.46. The van der Waals surface area contributed by atoms with Crippen molar-refractivity contribution in [1.29, 1.82) is 0 Å². The second kappa shape index (κ2) is 6.12. The summed E-state index contributed by atoms with van der Waals surface area (Å²) in [5.74, 6) is -0.304. The molecule has 0 fully saturated rings. The van der Waals surface area contributed by atoms with E-state index in [1.165, 1.54) is 12.1 Å². The van der Waals surface area contributed by atoms with Gasteiger partial charge in [0, 0.05) is 22.2 Å². The average Bonchev–Trinajstić information content (AvgIpc) is 2.48. The number of anilines is 1. The van der Waals surface area contributed by atoms with Crippen LogP contribution in [0.4, 0.5) is 10.1 Å². The van der Waals surface area contributed by atoms with Crippen molar-refractivity contribution in [1.82, 2.24) is 4.98 Å². The fraction of sp³-hybridized carbons (Fsp3) is 0.0588. The fourth-order valence-electron chi connectivity index (χ4n) is 2.15. The minimum Gasteiger partial charge on any atom is -0.278 e. The van der Waals surface area contributed by atoms with Crippen LogP contribution in [-0.2, 0) is 0 Å². The van der Waals surface area contributed by atoms with Gasteiger partial charge in [-0.1, -0.05) is 23.7 Å². The van der Waals surface area contributed by atoms with E-state index in [4.69, 9.17) is 11.6 Å². The number of aromatic nitrogens is 1. The summed E-state index contributed by atoms with van der Waals surface area (Å²) >= 11 is 5.84. The molecule has 3 nitrogen and oxygen atoms in total. The number of nitrogens with zero attached hydrogens (tertiary/aromatic N) is 2. The molecule has 0 atom stereocenters. The van der Waals surface area contributed by atoms with Gasteiger partial charge in [0.1, 0.15) is 5.82 Å². The molecule has 0 aliphatic heterocycles. The van der Waals surface area contributed by atoms with E-state index >= 15 is 0 Å². The molecule has 5 heteroatoms. The third-order valence-electron chi connectivity index (χ3n) is 3.17. The van der Waals surface area contributed by atoms with Crippen molar-refractivity contribution >= 4 is 34.4 Å². The Morgan fingerprint density at radius 2 is 1.91 bits per heavy atom. The zero-order chi connectivity index (χ0) is 15.5. The number of nitrogens with one attached hydrogen (secondary N) is 1. The van der Waals surface area contributed by atoms with Crippen molar-refractivity contribution in [2.45, 2.75) is 6.92 Å². The molecule has 0 saturated carbocycles. The highest BCUT2D eigenvalue weighted by atomic mass is 35.5. The third-order valence-corrected chi connectivity index (χ3v) is 3.42. The van der Waals surface area contributed by atoms with E-state index < -0.39 is 0 Å². The van der Waals surface area contributed by atoms with Crippen molar-refractivity contribution in [2.24, 2.45) is 5.10 Å². The number of benzene rings is 2. The number of halogens is 2. The van der Waals surface area contributed by atoms with Gasteiger partial charge in [-0.3, -0.25) is 10.4 Å². The minimum atomic E-state index is -0.304. The first kappa shape index (κ1) is 14.5. The van der Waals surface area contributed by atoms with Crippen LogP contribution in [0.15, 0.2) is 53.6 Å². The van der Waals surface area contributed by atoms with Crippen molar-refractivity contribution in [3.63, 3.8) is 0 Å². The third kappa shape index (κ3) is 3.23. The van der Waals surface area contributed by atoms with E-state index in [0.29, 0.717) is 10.5 Å². The maximum atomic E-state index is 13.3. The van der Waals surface area contributed by atoms with E-state index in [2.05, 4.69) is 15.5 Å². The lowest BCUT2D eigenvalue weighted by molar-refractivity contribution is 0.629. The van der Waals surface area contributed by atoms with Crippen LogP contribution in [0.2, 0.25) is 5.02 Å². The van der Waals surface area contributed by atoms with Crippen LogP contribution in [0.5, 0.6) is 0 Å². The smallest absolute Gasteiger partial charge is 0.125 e. The van der Waals surface area contributed by atoms with E-state index in [9.17, 15) is 4.39 Å². The number of hydrazone groups is 1. The van der Waals surface area contributed by atoms with E-state index in [0.717, 1.165) is 22.3 Å². The van der Waals surface area contributed by atoms with Crippen LogP contribution in [0.3, 0.4) is 0 Å². The molecule has 110 valence electrons. The van der Waals surface area contributed by atoms with Crippen LogP contribution < -0.4 is 5.43 Å². The molecule has 0 saturated heterocycles. The van der Waals surface area contributed by atoms with Gasteiger partial charge in [0.05, 0.1) is 17.4 Å². The molecule has 1 heterocycles. The molecule has 2 aromatic carbocycles. The predicted octanol–water partition coefficient (Wildman–Crippen LogP) is 4.78. The Morgan fingerprint density at radius 3 is 2.68 bits per heavy atom. The molecule has 0 unspecified atom stereocenters. The minimum absolute atomic E-state index is 0.304.